The Balaban J connectivity index is 1.96. The molecule has 0 aromatic carbocycles. The van der Waals surface area contributed by atoms with Gasteiger partial charge in [0.25, 0.3) is 0 Å². The van der Waals surface area contributed by atoms with E-state index < -0.39 is 0 Å². The van der Waals surface area contributed by atoms with Gasteiger partial charge < -0.3 is 14.4 Å². The number of hydrogen-bond acceptors (Lipinski definition) is 5. The van der Waals surface area contributed by atoms with E-state index in [1.54, 1.807) is 12.4 Å². The second-order valence-corrected chi connectivity index (χ2v) is 5.78. The molecule has 1 N–H and O–H groups in total. The smallest absolute Gasteiger partial charge is 0.223 e. The lowest BCUT2D eigenvalue weighted by Crippen LogP contribution is -2.37. The molecule has 0 radical (unpaired) electrons. The van der Waals surface area contributed by atoms with Crippen LogP contribution in [0.5, 0.6) is 5.75 Å². The number of hydrogen-bond donors (Lipinski definition) is 1. The molecule has 1 aliphatic rings. The highest BCUT2D eigenvalue weighted by molar-refractivity contribution is 5.31. The number of nitrogens with zero attached hydrogens (tertiary/aromatic N) is 3. The molecular weight excluding hydrogens is 294 g/mol. The zero-order valence-electron chi connectivity index (χ0n) is 13.2. The topological polar surface area (TPSA) is 67.6 Å². The Hall–Kier alpha value is -2.18. The molecule has 6 nitrogen and oxygen atoms in total. The second kappa shape index (κ2) is 6.93. The predicted octanol–water partition coefficient (Wildman–Crippen LogP) is 1.14. The van der Waals surface area contributed by atoms with Crippen molar-refractivity contribution in [2.75, 3.05) is 26.3 Å². The Morgan fingerprint density at radius 1 is 1.30 bits per heavy atom. The average molecular weight is 315 g/mol. The molecule has 3 heterocycles. The Morgan fingerprint density at radius 2 is 2.09 bits per heavy atom. The lowest BCUT2D eigenvalue weighted by molar-refractivity contribution is 0.0327. The summed E-state index contributed by atoms with van der Waals surface area (Å²) in [5.41, 5.74) is 2.19. The first-order valence-corrected chi connectivity index (χ1v) is 7.76. The van der Waals surface area contributed by atoms with Crippen LogP contribution in [0, 0.1) is 6.92 Å². The van der Waals surface area contributed by atoms with Gasteiger partial charge >= 0.3 is 0 Å². The molecule has 0 unspecified atom stereocenters. The molecule has 0 amide bonds. The third-order valence-electron chi connectivity index (χ3n) is 4.14. The van der Waals surface area contributed by atoms with E-state index in [1.165, 1.54) is 6.07 Å². The first-order valence-electron chi connectivity index (χ1n) is 7.76. The minimum absolute atomic E-state index is 0.161. The molecule has 1 fully saturated rings. The first kappa shape index (κ1) is 15.7. The van der Waals surface area contributed by atoms with Crippen molar-refractivity contribution < 1.29 is 9.84 Å². The van der Waals surface area contributed by atoms with Gasteiger partial charge in [0.15, 0.2) is 5.75 Å². The monoisotopic (exact) mass is 315 g/mol. The largest absolute Gasteiger partial charge is 0.503 e. The molecule has 6 heteroatoms. The maximum atomic E-state index is 12.0. The summed E-state index contributed by atoms with van der Waals surface area (Å²) in [6, 6.07) is 5.35. The third-order valence-corrected chi connectivity index (χ3v) is 4.14. The van der Waals surface area contributed by atoms with Crippen LogP contribution in [-0.4, -0.2) is 45.9 Å². The maximum absolute atomic E-state index is 12.0. The average Bonchev–Trinajstić information content (AvgIpc) is 2.58. The number of rotatable bonds is 4. The molecule has 3 rings (SSSR count). The normalized spacial score (nSPS) is 15.7. The van der Waals surface area contributed by atoms with Crippen molar-refractivity contribution in [3.05, 3.63) is 57.8 Å². The van der Waals surface area contributed by atoms with Crippen LogP contribution in [0.1, 0.15) is 17.0 Å². The van der Waals surface area contributed by atoms with Crippen molar-refractivity contribution in [3.63, 3.8) is 0 Å². The summed E-state index contributed by atoms with van der Waals surface area (Å²) < 4.78 is 7.35. The molecule has 0 atom stereocenters. The Kier molecular flexibility index (Phi) is 4.73. The lowest BCUT2D eigenvalue weighted by atomic mass is 10.2. The zero-order valence-corrected chi connectivity index (χ0v) is 13.2. The van der Waals surface area contributed by atoms with E-state index in [0.717, 1.165) is 24.3 Å². The van der Waals surface area contributed by atoms with E-state index in [1.807, 2.05) is 23.6 Å². The zero-order chi connectivity index (χ0) is 16.2. The van der Waals surface area contributed by atoms with Crippen LogP contribution in [0.15, 0.2) is 35.4 Å². The quantitative estimate of drug-likeness (QED) is 0.916. The van der Waals surface area contributed by atoms with Crippen molar-refractivity contribution in [1.82, 2.24) is 14.5 Å². The van der Waals surface area contributed by atoms with Gasteiger partial charge in [-0.3, -0.25) is 14.7 Å². The van der Waals surface area contributed by atoms with Crippen molar-refractivity contribution in [3.8, 4) is 5.75 Å². The first-order chi connectivity index (χ1) is 11.1. The number of aromatic nitrogens is 2. The van der Waals surface area contributed by atoms with Gasteiger partial charge in [-0.1, -0.05) is 6.07 Å². The van der Waals surface area contributed by atoms with Crippen LogP contribution in [0.2, 0.25) is 0 Å². The van der Waals surface area contributed by atoms with E-state index in [4.69, 9.17) is 4.74 Å². The second-order valence-electron chi connectivity index (χ2n) is 5.78. The summed E-state index contributed by atoms with van der Waals surface area (Å²) in [5.74, 6) is -0.161. The number of pyridine rings is 2. The summed E-state index contributed by atoms with van der Waals surface area (Å²) in [5, 5.41) is 10.3. The molecule has 0 bridgehead atoms. The van der Waals surface area contributed by atoms with Crippen LogP contribution < -0.4 is 5.43 Å². The van der Waals surface area contributed by atoms with Gasteiger partial charge in [0.1, 0.15) is 0 Å². The summed E-state index contributed by atoms with van der Waals surface area (Å²) >= 11 is 0. The molecule has 1 aliphatic heterocycles. The summed E-state index contributed by atoms with van der Waals surface area (Å²) in [6.07, 6.45) is 3.53. The molecule has 0 saturated carbocycles. The summed E-state index contributed by atoms with van der Waals surface area (Å²) in [4.78, 5) is 18.3. The third kappa shape index (κ3) is 3.60. The fourth-order valence-corrected chi connectivity index (χ4v) is 2.84. The van der Waals surface area contributed by atoms with Gasteiger partial charge in [-0.2, -0.15) is 0 Å². The van der Waals surface area contributed by atoms with Crippen molar-refractivity contribution in [2.24, 2.45) is 0 Å². The van der Waals surface area contributed by atoms with Gasteiger partial charge in [0.05, 0.1) is 18.9 Å². The highest BCUT2D eigenvalue weighted by Gasteiger charge is 2.18. The van der Waals surface area contributed by atoms with Gasteiger partial charge in [-0.15, -0.1) is 0 Å². The lowest BCUT2D eigenvalue weighted by Gasteiger charge is -2.28. The highest BCUT2D eigenvalue weighted by atomic mass is 16.5. The number of morpholine rings is 1. The number of ether oxygens (including phenoxy) is 1. The van der Waals surface area contributed by atoms with E-state index in [9.17, 15) is 9.90 Å². The molecule has 1 saturated heterocycles. The van der Waals surface area contributed by atoms with Gasteiger partial charge in [-0.25, -0.2) is 0 Å². The SMILES string of the molecule is Cc1cc(=O)c(O)c(CN2CCOCC2)n1Cc1cccnc1. The van der Waals surface area contributed by atoms with E-state index in [-0.39, 0.29) is 11.2 Å². The molecule has 0 aliphatic carbocycles. The molecule has 0 spiro atoms. The van der Waals surface area contributed by atoms with Crippen LogP contribution in [0.4, 0.5) is 0 Å². The van der Waals surface area contributed by atoms with E-state index >= 15 is 0 Å². The molecule has 23 heavy (non-hydrogen) atoms. The van der Waals surface area contributed by atoms with Gasteiger partial charge in [-0.05, 0) is 18.6 Å². The summed E-state index contributed by atoms with van der Waals surface area (Å²) in [7, 11) is 0. The molecular formula is C17H21N3O3. The molecule has 2 aromatic rings. The van der Waals surface area contributed by atoms with Crippen molar-refractivity contribution in [2.45, 2.75) is 20.0 Å². The fourth-order valence-electron chi connectivity index (χ4n) is 2.84. The minimum Gasteiger partial charge on any atom is -0.503 e. The fraction of sp³-hybridized carbons (Fsp3) is 0.412. The van der Waals surface area contributed by atoms with Crippen LogP contribution in [-0.2, 0) is 17.8 Å². The predicted molar refractivity (Wildman–Crippen MR) is 86.5 cm³/mol. The van der Waals surface area contributed by atoms with Crippen LogP contribution in [0.3, 0.4) is 0 Å². The minimum atomic E-state index is -0.326. The van der Waals surface area contributed by atoms with Gasteiger partial charge in [0.2, 0.25) is 5.43 Å². The van der Waals surface area contributed by atoms with Crippen molar-refractivity contribution in [1.29, 1.82) is 0 Å². The van der Waals surface area contributed by atoms with Gasteiger partial charge in [0, 0.05) is 50.3 Å². The summed E-state index contributed by atoms with van der Waals surface area (Å²) in [6.45, 7) is 5.96. The molecule has 2 aromatic heterocycles. The van der Waals surface area contributed by atoms with E-state index in [2.05, 4.69) is 9.88 Å². The van der Waals surface area contributed by atoms with E-state index in [0.29, 0.717) is 32.0 Å². The Labute approximate surface area is 135 Å². The standard InChI is InChI=1S/C17H21N3O3/c1-13-9-16(21)17(22)15(12-19-5-7-23-8-6-19)20(13)11-14-3-2-4-18-10-14/h2-4,9-10,22H,5-8,11-12H2,1H3. The Morgan fingerprint density at radius 3 is 2.78 bits per heavy atom. The number of aryl methyl sites for hydroxylation is 1. The molecule has 122 valence electrons. The maximum Gasteiger partial charge on any atom is 0.223 e. The highest BCUT2D eigenvalue weighted by Crippen LogP contribution is 2.19. The Bertz CT molecular complexity index is 722. The number of aromatic hydroxyl groups is 1. The van der Waals surface area contributed by atoms with Crippen LogP contribution in [0.25, 0.3) is 0 Å². The van der Waals surface area contributed by atoms with Crippen molar-refractivity contribution >= 4 is 0 Å². The van der Waals surface area contributed by atoms with Crippen LogP contribution >= 0.6 is 0 Å².